The van der Waals surface area contributed by atoms with Crippen LogP contribution in [-0.4, -0.2) is 36.9 Å². The molecule has 1 saturated heterocycles. The molecule has 2 aromatic rings. The van der Waals surface area contributed by atoms with E-state index in [2.05, 4.69) is 10.6 Å². The average molecular weight is 419 g/mol. The predicted molar refractivity (Wildman–Crippen MR) is 118 cm³/mol. The highest BCUT2D eigenvalue weighted by atomic mass is 32.1. The van der Waals surface area contributed by atoms with Gasteiger partial charge in [-0.15, -0.1) is 11.3 Å². The summed E-state index contributed by atoms with van der Waals surface area (Å²) in [6.45, 7) is 7.66. The minimum atomic E-state index is -0.341. The number of rotatable bonds is 6. The summed E-state index contributed by atoms with van der Waals surface area (Å²) < 4.78 is 11.0. The summed E-state index contributed by atoms with van der Waals surface area (Å²) in [5.41, 5.74) is 3.60. The van der Waals surface area contributed by atoms with Crippen molar-refractivity contribution in [3.8, 4) is 11.1 Å². The van der Waals surface area contributed by atoms with Gasteiger partial charge in [0.05, 0.1) is 12.7 Å². The Morgan fingerprint density at radius 2 is 2.07 bits per heavy atom. The molecule has 150 valence electrons. The quantitative estimate of drug-likeness (QED) is 0.525. The highest BCUT2D eigenvalue weighted by molar-refractivity contribution is 7.80. The molecule has 0 unspecified atom stereocenters. The predicted octanol–water partition coefficient (Wildman–Crippen LogP) is 4.67. The number of hydrogen-bond donors (Lipinski definition) is 2. The minimum absolute atomic E-state index is 0.192. The lowest BCUT2D eigenvalue weighted by Crippen LogP contribution is -2.35. The summed E-state index contributed by atoms with van der Waals surface area (Å²) in [7, 11) is 0. The zero-order chi connectivity index (χ0) is 20.1. The number of ether oxygens (including phenoxy) is 2. The maximum absolute atomic E-state index is 12.7. The van der Waals surface area contributed by atoms with Gasteiger partial charge in [-0.3, -0.25) is 0 Å². The van der Waals surface area contributed by atoms with Crippen molar-refractivity contribution in [2.75, 3.05) is 25.1 Å². The van der Waals surface area contributed by atoms with Gasteiger partial charge in [-0.1, -0.05) is 29.8 Å². The number of carbonyl (C=O) groups is 1. The van der Waals surface area contributed by atoms with E-state index in [9.17, 15) is 4.79 Å². The molecule has 5 nitrogen and oxygen atoms in total. The number of aryl methyl sites for hydroxylation is 2. The van der Waals surface area contributed by atoms with Crippen LogP contribution in [0, 0.1) is 13.8 Å². The number of anilines is 1. The van der Waals surface area contributed by atoms with Crippen molar-refractivity contribution in [2.24, 2.45) is 0 Å². The van der Waals surface area contributed by atoms with Crippen LogP contribution in [0.5, 0.6) is 0 Å². The molecular formula is C21H26N2O3S2. The van der Waals surface area contributed by atoms with Gasteiger partial charge in [0.25, 0.3) is 0 Å². The Morgan fingerprint density at radius 3 is 2.71 bits per heavy atom. The molecule has 1 aliphatic rings. The van der Waals surface area contributed by atoms with Crippen LogP contribution >= 0.6 is 23.6 Å². The molecule has 3 rings (SSSR count). The third-order valence-corrected chi connectivity index (χ3v) is 5.91. The van der Waals surface area contributed by atoms with Crippen LogP contribution in [0.25, 0.3) is 11.1 Å². The molecule has 0 saturated carbocycles. The lowest BCUT2D eigenvalue weighted by Gasteiger charge is -2.14. The van der Waals surface area contributed by atoms with Crippen molar-refractivity contribution in [3.63, 3.8) is 0 Å². The fourth-order valence-electron chi connectivity index (χ4n) is 3.26. The van der Waals surface area contributed by atoms with Gasteiger partial charge in [0.15, 0.2) is 5.11 Å². The molecule has 2 heterocycles. The van der Waals surface area contributed by atoms with Crippen molar-refractivity contribution in [1.82, 2.24) is 5.32 Å². The van der Waals surface area contributed by atoms with Gasteiger partial charge in [0.1, 0.15) is 10.6 Å². The largest absolute Gasteiger partial charge is 0.462 e. The Bertz CT molecular complexity index is 840. The molecule has 7 heteroatoms. The topological polar surface area (TPSA) is 59.6 Å². The zero-order valence-corrected chi connectivity index (χ0v) is 18.1. The monoisotopic (exact) mass is 418 g/mol. The maximum Gasteiger partial charge on any atom is 0.341 e. The van der Waals surface area contributed by atoms with Crippen LogP contribution < -0.4 is 10.6 Å². The number of esters is 1. The third-order valence-electron chi connectivity index (χ3n) is 4.65. The minimum Gasteiger partial charge on any atom is -0.462 e. The van der Waals surface area contributed by atoms with E-state index in [1.807, 2.05) is 45.0 Å². The van der Waals surface area contributed by atoms with Crippen molar-refractivity contribution in [1.29, 1.82) is 0 Å². The van der Waals surface area contributed by atoms with Crippen LogP contribution in [0.15, 0.2) is 24.3 Å². The Labute approximate surface area is 175 Å². The molecule has 1 aromatic heterocycles. The van der Waals surface area contributed by atoms with Crippen molar-refractivity contribution in [2.45, 2.75) is 39.7 Å². The number of thiocarbonyl (C=S) groups is 1. The molecule has 1 aromatic carbocycles. The summed E-state index contributed by atoms with van der Waals surface area (Å²) in [4.78, 5) is 13.8. The number of hydrogen-bond acceptors (Lipinski definition) is 5. The molecule has 0 aliphatic carbocycles. The first-order chi connectivity index (χ1) is 13.5. The van der Waals surface area contributed by atoms with Crippen LogP contribution in [0.1, 0.15) is 40.6 Å². The maximum atomic E-state index is 12.7. The van der Waals surface area contributed by atoms with Crippen LogP contribution in [0.3, 0.4) is 0 Å². The van der Waals surface area contributed by atoms with Crippen LogP contribution in [0.2, 0.25) is 0 Å². The average Bonchev–Trinajstić information content (AvgIpc) is 3.29. The van der Waals surface area contributed by atoms with Gasteiger partial charge in [0.2, 0.25) is 0 Å². The fraction of sp³-hybridized carbons (Fsp3) is 0.429. The smallest absolute Gasteiger partial charge is 0.341 e. The van der Waals surface area contributed by atoms with E-state index < -0.39 is 0 Å². The molecule has 1 atom stereocenters. The summed E-state index contributed by atoms with van der Waals surface area (Å²) in [6.07, 6.45) is 2.32. The fourth-order valence-corrected chi connectivity index (χ4v) is 4.58. The van der Waals surface area contributed by atoms with E-state index in [-0.39, 0.29) is 12.1 Å². The van der Waals surface area contributed by atoms with E-state index >= 15 is 0 Å². The number of nitrogens with one attached hydrogen (secondary N) is 2. The molecule has 0 radical (unpaired) electrons. The Hall–Kier alpha value is -1.96. The second kappa shape index (κ2) is 9.49. The SMILES string of the molecule is CCOC(=O)c1c(NC(=S)NC[C@@H]2CCCO2)sc(C)c1-c1ccc(C)cc1. The molecule has 1 aliphatic heterocycles. The molecule has 0 bridgehead atoms. The lowest BCUT2D eigenvalue weighted by atomic mass is 10.0. The first-order valence-corrected chi connectivity index (χ1v) is 10.8. The zero-order valence-electron chi connectivity index (χ0n) is 16.5. The van der Waals surface area contributed by atoms with Gasteiger partial charge in [-0.05, 0) is 51.4 Å². The molecule has 0 spiro atoms. The molecule has 2 N–H and O–H groups in total. The summed E-state index contributed by atoms with van der Waals surface area (Å²) >= 11 is 6.95. The summed E-state index contributed by atoms with van der Waals surface area (Å²) in [6, 6.07) is 8.15. The standard InChI is InChI=1S/C21H26N2O3S2/c1-4-25-20(24)18-17(15-9-7-13(2)8-10-15)14(3)28-19(18)23-21(27)22-12-16-6-5-11-26-16/h7-10,16H,4-6,11-12H2,1-3H3,(H2,22,23,27)/t16-/m0/s1. The Kier molecular flexibility index (Phi) is 7.04. The van der Waals surface area contributed by atoms with Gasteiger partial charge in [-0.2, -0.15) is 0 Å². The van der Waals surface area contributed by atoms with E-state index in [1.165, 1.54) is 16.9 Å². The van der Waals surface area contributed by atoms with Gasteiger partial charge in [-0.25, -0.2) is 4.79 Å². The van der Waals surface area contributed by atoms with Gasteiger partial charge in [0, 0.05) is 23.6 Å². The van der Waals surface area contributed by atoms with E-state index in [1.54, 1.807) is 0 Å². The molecule has 1 fully saturated rings. The Balaban J connectivity index is 1.85. The molecular weight excluding hydrogens is 392 g/mol. The highest BCUT2D eigenvalue weighted by Gasteiger charge is 2.25. The normalized spacial score (nSPS) is 16.0. The number of thiophene rings is 1. The lowest BCUT2D eigenvalue weighted by molar-refractivity contribution is 0.0529. The van der Waals surface area contributed by atoms with E-state index in [0.717, 1.165) is 35.5 Å². The van der Waals surface area contributed by atoms with Crippen molar-refractivity contribution < 1.29 is 14.3 Å². The molecule has 0 amide bonds. The summed E-state index contributed by atoms with van der Waals surface area (Å²) in [5.74, 6) is -0.341. The van der Waals surface area contributed by atoms with Gasteiger partial charge >= 0.3 is 5.97 Å². The third kappa shape index (κ3) is 4.90. The second-order valence-electron chi connectivity index (χ2n) is 6.79. The van der Waals surface area contributed by atoms with Crippen LogP contribution in [0.4, 0.5) is 5.00 Å². The second-order valence-corrected chi connectivity index (χ2v) is 8.43. The number of benzene rings is 1. The van der Waals surface area contributed by atoms with Gasteiger partial charge < -0.3 is 20.1 Å². The summed E-state index contributed by atoms with van der Waals surface area (Å²) in [5, 5.41) is 7.58. The number of carbonyl (C=O) groups excluding carboxylic acids is 1. The highest BCUT2D eigenvalue weighted by Crippen LogP contribution is 2.40. The van der Waals surface area contributed by atoms with E-state index in [4.69, 9.17) is 21.7 Å². The first kappa shape index (κ1) is 20.8. The Morgan fingerprint density at radius 1 is 1.32 bits per heavy atom. The van der Waals surface area contributed by atoms with Crippen molar-refractivity contribution in [3.05, 3.63) is 40.3 Å². The van der Waals surface area contributed by atoms with Crippen molar-refractivity contribution >= 4 is 39.6 Å². The first-order valence-electron chi connectivity index (χ1n) is 9.53. The van der Waals surface area contributed by atoms with Crippen LogP contribution in [-0.2, 0) is 9.47 Å². The van der Waals surface area contributed by atoms with E-state index in [0.29, 0.717) is 28.8 Å². The molecule has 28 heavy (non-hydrogen) atoms.